The van der Waals surface area contributed by atoms with Gasteiger partial charge in [-0.05, 0) is 34.5 Å². The standard InChI is InChI=1S/C11H11BrF2O/c1-2-7(15)3-4-8-10(13)6-5-9(12)11(8)14/h5-6H,2-4H2,1H3. The molecular formula is C11H11BrF2O. The molecule has 0 fully saturated rings. The van der Waals surface area contributed by atoms with Gasteiger partial charge in [0.05, 0.1) is 4.47 Å². The summed E-state index contributed by atoms with van der Waals surface area (Å²) < 4.78 is 26.9. The fourth-order valence-corrected chi connectivity index (χ4v) is 1.61. The summed E-state index contributed by atoms with van der Waals surface area (Å²) in [6.45, 7) is 1.73. The molecule has 0 radical (unpaired) electrons. The van der Waals surface area contributed by atoms with Gasteiger partial charge in [0.15, 0.2) is 0 Å². The van der Waals surface area contributed by atoms with Crippen molar-refractivity contribution in [1.29, 1.82) is 0 Å². The first-order chi connectivity index (χ1) is 7.06. The molecule has 1 aromatic rings. The molecule has 0 atom stereocenters. The highest BCUT2D eigenvalue weighted by molar-refractivity contribution is 9.10. The zero-order valence-corrected chi connectivity index (χ0v) is 9.90. The maximum Gasteiger partial charge on any atom is 0.143 e. The Balaban J connectivity index is 2.84. The molecule has 0 heterocycles. The van der Waals surface area contributed by atoms with E-state index >= 15 is 0 Å². The lowest BCUT2D eigenvalue weighted by Gasteiger charge is -2.05. The smallest absolute Gasteiger partial charge is 0.143 e. The number of halogens is 3. The summed E-state index contributed by atoms with van der Waals surface area (Å²) in [7, 11) is 0. The summed E-state index contributed by atoms with van der Waals surface area (Å²) in [5.41, 5.74) is -0.0221. The van der Waals surface area contributed by atoms with Gasteiger partial charge in [0, 0.05) is 18.4 Å². The van der Waals surface area contributed by atoms with Gasteiger partial charge in [-0.3, -0.25) is 4.79 Å². The maximum absolute atomic E-state index is 13.4. The quantitative estimate of drug-likeness (QED) is 0.768. The van der Waals surface area contributed by atoms with Crippen molar-refractivity contribution >= 4 is 21.7 Å². The van der Waals surface area contributed by atoms with Crippen molar-refractivity contribution in [2.24, 2.45) is 0 Å². The number of rotatable bonds is 4. The molecule has 0 aromatic heterocycles. The van der Waals surface area contributed by atoms with Gasteiger partial charge in [-0.1, -0.05) is 6.92 Å². The summed E-state index contributed by atoms with van der Waals surface area (Å²) in [5, 5.41) is 0. The molecule has 4 heteroatoms. The molecule has 0 saturated carbocycles. The van der Waals surface area contributed by atoms with Crippen LogP contribution in [-0.2, 0) is 11.2 Å². The van der Waals surface area contributed by atoms with Crippen molar-refractivity contribution in [2.75, 3.05) is 0 Å². The molecule has 0 aliphatic heterocycles. The number of hydrogen-bond acceptors (Lipinski definition) is 1. The number of ketones is 1. The Bertz CT molecular complexity index is 377. The molecule has 15 heavy (non-hydrogen) atoms. The topological polar surface area (TPSA) is 17.1 Å². The van der Waals surface area contributed by atoms with Gasteiger partial charge < -0.3 is 0 Å². The molecule has 82 valence electrons. The van der Waals surface area contributed by atoms with Crippen LogP contribution in [-0.4, -0.2) is 5.78 Å². The van der Waals surface area contributed by atoms with E-state index in [0.29, 0.717) is 6.42 Å². The van der Waals surface area contributed by atoms with Gasteiger partial charge >= 0.3 is 0 Å². The predicted molar refractivity (Wildman–Crippen MR) is 57.7 cm³/mol. The summed E-state index contributed by atoms with van der Waals surface area (Å²) >= 11 is 2.98. The average Bonchev–Trinajstić information content (AvgIpc) is 2.23. The Kier molecular flexibility index (Phi) is 4.39. The molecule has 0 aliphatic carbocycles. The van der Waals surface area contributed by atoms with E-state index in [0.717, 1.165) is 0 Å². The number of Topliss-reactive ketones (excluding diaryl/α,β-unsaturated/α-hetero) is 1. The van der Waals surface area contributed by atoms with Gasteiger partial charge in [0.1, 0.15) is 17.4 Å². The molecular weight excluding hydrogens is 266 g/mol. The van der Waals surface area contributed by atoms with E-state index in [1.807, 2.05) is 0 Å². The van der Waals surface area contributed by atoms with Gasteiger partial charge in [0.25, 0.3) is 0 Å². The van der Waals surface area contributed by atoms with Crippen LogP contribution in [0.2, 0.25) is 0 Å². The van der Waals surface area contributed by atoms with Crippen LogP contribution < -0.4 is 0 Å². The van der Waals surface area contributed by atoms with Crippen LogP contribution in [0.4, 0.5) is 8.78 Å². The van der Waals surface area contributed by atoms with E-state index in [1.165, 1.54) is 12.1 Å². The molecule has 1 nitrogen and oxygen atoms in total. The SMILES string of the molecule is CCC(=O)CCc1c(F)ccc(Br)c1F. The lowest BCUT2D eigenvalue weighted by molar-refractivity contribution is -0.118. The Hall–Kier alpha value is -0.770. The first kappa shape index (κ1) is 12.3. The van der Waals surface area contributed by atoms with Crippen molar-refractivity contribution in [2.45, 2.75) is 26.2 Å². The molecule has 0 N–H and O–H groups in total. The number of carbonyl (C=O) groups excluding carboxylic acids is 1. The van der Waals surface area contributed by atoms with Crippen molar-refractivity contribution in [3.8, 4) is 0 Å². The third-order valence-electron chi connectivity index (χ3n) is 2.19. The number of carbonyl (C=O) groups is 1. The zero-order valence-electron chi connectivity index (χ0n) is 8.32. The highest BCUT2D eigenvalue weighted by Gasteiger charge is 2.13. The third-order valence-corrected chi connectivity index (χ3v) is 2.80. The Morgan fingerprint density at radius 3 is 2.67 bits per heavy atom. The molecule has 1 aromatic carbocycles. The second-order valence-corrected chi connectivity index (χ2v) is 4.07. The minimum atomic E-state index is -0.612. The average molecular weight is 277 g/mol. The molecule has 0 bridgehead atoms. The van der Waals surface area contributed by atoms with E-state index in [9.17, 15) is 13.6 Å². The summed E-state index contributed by atoms with van der Waals surface area (Å²) in [4.78, 5) is 11.0. The zero-order chi connectivity index (χ0) is 11.4. The molecule has 0 amide bonds. The van der Waals surface area contributed by atoms with Crippen LogP contribution in [0, 0.1) is 11.6 Å². The van der Waals surface area contributed by atoms with Crippen molar-refractivity contribution in [3.05, 3.63) is 33.8 Å². The Labute approximate surface area is 95.6 Å². The first-order valence-corrected chi connectivity index (χ1v) is 5.49. The van der Waals surface area contributed by atoms with Crippen LogP contribution in [0.25, 0.3) is 0 Å². The largest absolute Gasteiger partial charge is 0.300 e. The normalized spacial score (nSPS) is 10.4. The highest BCUT2D eigenvalue weighted by atomic mass is 79.9. The minimum absolute atomic E-state index is 0.00813. The van der Waals surface area contributed by atoms with E-state index < -0.39 is 11.6 Å². The van der Waals surface area contributed by atoms with Crippen molar-refractivity contribution < 1.29 is 13.6 Å². The summed E-state index contributed by atoms with van der Waals surface area (Å²) in [6, 6.07) is 2.51. The van der Waals surface area contributed by atoms with Gasteiger partial charge in [-0.25, -0.2) is 8.78 Å². The Morgan fingerprint density at radius 1 is 1.40 bits per heavy atom. The summed E-state index contributed by atoms with van der Waals surface area (Å²) in [6.07, 6.45) is 0.696. The number of hydrogen-bond donors (Lipinski definition) is 0. The van der Waals surface area contributed by atoms with Gasteiger partial charge in [-0.2, -0.15) is 0 Å². The van der Waals surface area contributed by atoms with Gasteiger partial charge in [0.2, 0.25) is 0 Å². The monoisotopic (exact) mass is 276 g/mol. The molecule has 0 spiro atoms. The van der Waals surface area contributed by atoms with E-state index in [-0.39, 0.29) is 28.7 Å². The van der Waals surface area contributed by atoms with Crippen LogP contribution in [0.3, 0.4) is 0 Å². The van der Waals surface area contributed by atoms with Gasteiger partial charge in [-0.15, -0.1) is 0 Å². The fourth-order valence-electron chi connectivity index (χ4n) is 1.24. The lowest BCUT2D eigenvalue weighted by atomic mass is 10.1. The van der Waals surface area contributed by atoms with Crippen molar-refractivity contribution in [3.63, 3.8) is 0 Å². The molecule has 1 rings (SSSR count). The van der Waals surface area contributed by atoms with Crippen molar-refractivity contribution in [1.82, 2.24) is 0 Å². The first-order valence-electron chi connectivity index (χ1n) is 4.70. The van der Waals surface area contributed by atoms with Crippen LogP contribution >= 0.6 is 15.9 Å². The summed E-state index contributed by atoms with van der Waals surface area (Å²) in [5.74, 6) is -1.20. The Morgan fingerprint density at radius 2 is 2.07 bits per heavy atom. The second kappa shape index (κ2) is 5.35. The molecule has 0 aliphatic rings. The second-order valence-electron chi connectivity index (χ2n) is 3.21. The maximum atomic E-state index is 13.4. The van der Waals surface area contributed by atoms with Crippen LogP contribution in [0.5, 0.6) is 0 Å². The molecule has 0 unspecified atom stereocenters. The lowest BCUT2D eigenvalue weighted by Crippen LogP contribution is -2.02. The highest BCUT2D eigenvalue weighted by Crippen LogP contribution is 2.22. The minimum Gasteiger partial charge on any atom is -0.300 e. The van der Waals surface area contributed by atoms with E-state index in [1.54, 1.807) is 6.92 Å². The third kappa shape index (κ3) is 3.09. The number of benzene rings is 1. The molecule has 0 saturated heterocycles. The van der Waals surface area contributed by atoms with Crippen LogP contribution in [0.15, 0.2) is 16.6 Å². The fraction of sp³-hybridized carbons (Fsp3) is 0.364. The van der Waals surface area contributed by atoms with Crippen LogP contribution in [0.1, 0.15) is 25.3 Å². The van der Waals surface area contributed by atoms with E-state index in [4.69, 9.17) is 0 Å². The van der Waals surface area contributed by atoms with E-state index in [2.05, 4.69) is 15.9 Å². The predicted octanol–water partition coefficient (Wildman–Crippen LogP) is 3.64.